The van der Waals surface area contributed by atoms with Crippen LogP contribution < -0.4 is 5.73 Å². The van der Waals surface area contributed by atoms with Gasteiger partial charge in [-0.3, -0.25) is 0 Å². The molecule has 2 nitrogen and oxygen atoms in total. The smallest absolute Gasteiger partial charge is 0.136 e. The molecule has 4 heteroatoms. The molecule has 0 aliphatic heterocycles. The van der Waals surface area contributed by atoms with E-state index in [1.165, 1.54) is 12.8 Å². The summed E-state index contributed by atoms with van der Waals surface area (Å²) in [5, 5.41) is 10.4. The van der Waals surface area contributed by atoms with Crippen molar-refractivity contribution in [3.05, 3.63) is 27.2 Å². The molecule has 15 heavy (non-hydrogen) atoms. The van der Waals surface area contributed by atoms with Gasteiger partial charge in [-0.2, -0.15) is 0 Å². The van der Waals surface area contributed by atoms with Crippen LogP contribution in [-0.2, 0) is 0 Å². The molecule has 2 rings (SSSR count). The van der Waals surface area contributed by atoms with Crippen molar-refractivity contribution >= 4 is 27.5 Å². The summed E-state index contributed by atoms with van der Waals surface area (Å²) < 4.78 is 0.535. The number of phenols is 1. The van der Waals surface area contributed by atoms with Gasteiger partial charge in [0.1, 0.15) is 5.75 Å². The molecule has 0 amide bonds. The summed E-state index contributed by atoms with van der Waals surface area (Å²) >= 11 is 9.10. The molecule has 0 bridgehead atoms. The molecular weight excluding hydrogens is 277 g/mol. The second-order valence-corrected chi connectivity index (χ2v) is 5.28. The summed E-state index contributed by atoms with van der Waals surface area (Å²) in [4.78, 5) is 0. The van der Waals surface area contributed by atoms with Gasteiger partial charge in [0.05, 0.1) is 9.50 Å². The van der Waals surface area contributed by atoms with E-state index in [4.69, 9.17) is 17.3 Å². The van der Waals surface area contributed by atoms with Gasteiger partial charge < -0.3 is 10.8 Å². The molecular formula is C11H13BrClNO. The molecule has 1 aromatic rings. The Morgan fingerprint density at radius 2 is 2.20 bits per heavy atom. The Kier molecular flexibility index (Phi) is 3.24. The van der Waals surface area contributed by atoms with Crippen LogP contribution in [0.25, 0.3) is 0 Å². The van der Waals surface area contributed by atoms with Crippen molar-refractivity contribution in [1.82, 2.24) is 0 Å². The molecule has 0 radical (unpaired) electrons. The van der Waals surface area contributed by atoms with Crippen LogP contribution in [-0.4, -0.2) is 5.11 Å². The number of benzene rings is 1. The molecule has 0 aromatic heterocycles. The highest BCUT2D eigenvalue weighted by atomic mass is 79.9. The van der Waals surface area contributed by atoms with E-state index in [1.807, 2.05) is 0 Å². The Bertz CT molecular complexity index is 379. The molecule has 1 aliphatic carbocycles. The average Bonchev–Trinajstić information content (AvgIpc) is 2.98. The van der Waals surface area contributed by atoms with Crippen molar-refractivity contribution in [3.63, 3.8) is 0 Å². The standard InChI is InChI=1S/C11H13BrClNO/c12-10-8(13)4-3-7(11(10)15)9(14)5-6-1-2-6/h3-4,6,9,15H,1-2,5,14H2/t9-/m0/s1. The Hall–Kier alpha value is -0.250. The molecule has 3 N–H and O–H groups in total. The van der Waals surface area contributed by atoms with Gasteiger partial charge in [-0.05, 0) is 34.3 Å². The highest BCUT2D eigenvalue weighted by molar-refractivity contribution is 9.10. The van der Waals surface area contributed by atoms with Crippen molar-refractivity contribution in [3.8, 4) is 5.75 Å². The van der Waals surface area contributed by atoms with Crippen LogP contribution >= 0.6 is 27.5 Å². The first-order valence-corrected chi connectivity index (χ1v) is 6.19. The Labute approximate surface area is 103 Å². The van der Waals surface area contributed by atoms with Crippen molar-refractivity contribution in [2.75, 3.05) is 0 Å². The topological polar surface area (TPSA) is 46.2 Å². The number of hydrogen-bond donors (Lipinski definition) is 2. The van der Waals surface area contributed by atoms with Crippen LogP contribution in [0.1, 0.15) is 30.9 Å². The van der Waals surface area contributed by atoms with Gasteiger partial charge in [-0.15, -0.1) is 0 Å². The van der Waals surface area contributed by atoms with Crippen molar-refractivity contribution in [2.24, 2.45) is 11.7 Å². The van der Waals surface area contributed by atoms with E-state index in [2.05, 4.69) is 15.9 Å². The van der Waals surface area contributed by atoms with Gasteiger partial charge in [-0.25, -0.2) is 0 Å². The fourth-order valence-electron chi connectivity index (χ4n) is 1.69. The van der Waals surface area contributed by atoms with Crippen LogP contribution in [0.15, 0.2) is 16.6 Å². The van der Waals surface area contributed by atoms with Crippen molar-refractivity contribution in [2.45, 2.75) is 25.3 Å². The molecule has 0 saturated heterocycles. The highest BCUT2D eigenvalue weighted by Gasteiger charge is 2.26. The quantitative estimate of drug-likeness (QED) is 0.893. The van der Waals surface area contributed by atoms with Gasteiger partial charge >= 0.3 is 0 Å². The van der Waals surface area contributed by atoms with Crippen molar-refractivity contribution < 1.29 is 5.11 Å². The Morgan fingerprint density at radius 1 is 1.53 bits per heavy atom. The number of hydrogen-bond acceptors (Lipinski definition) is 2. The van der Waals surface area contributed by atoms with E-state index in [1.54, 1.807) is 12.1 Å². The molecule has 0 spiro atoms. The molecule has 82 valence electrons. The minimum atomic E-state index is -0.0916. The minimum absolute atomic E-state index is 0.0916. The van der Waals surface area contributed by atoms with Crippen molar-refractivity contribution in [1.29, 1.82) is 0 Å². The van der Waals surface area contributed by atoms with E-state index >= 15 is 0 Å². The van der Waals surface area contributed by atoms with Crippen LogP contribution in [0, 0.1) is 5.92 Å². The zero-order valence-corrected chi connectivity index (χ0v) is 10.6. The summed E-state index contributed by atoms with van der Waals surface area (Å²) in [7, 11) is 0. The first kappa shape index (κ1) is 11.2. The number of halogens is 2. The molecule has 1 fully saturated rings. The summed E-state index contributed by atoms with van der Waals surface area (Å²) in [5.41, 5.74) is 6.81. The predicted molar refractivity (Wildman–Crippen MR) is 65.1 cm³/mol. The minimum Gasteiger partial charge on any atom is -0.506 e. The third-order valence-corrected chi connectivity index (χ3v) is 4.13. The van der Waals surface area contributed by atoms with Gasteiger partial charge in [0.25, 0.3) is 0 Å². The van der Waals surface area contributed by atoms with E-state index in [0.717, 1.165) is 17.9 Å². The predicted octanol–water partition coefficient (Wildman–Crippen LogP) is 3.61. The van der Waals surface area contributed by atoms with E-state index in [9.17, 15) is 5.11 Å². The summed E-state index contributed by atoms with van der Waals surface area (Å²) in [6, 6.07) is 3.47. The molecule has 1 aromatic carbocycles. The van der Waals surface area contributed by atoms with Gasteiger partial charge in [0.15, 0.2) is 0 Å². The molecule has 1 aliphatic rings. The summed E-state index contributed by atoms with van der Waals surface area (Å²) in [5.74, 6) is 0.921. The fraction of sp³-hybridized carbons (Fsp3) is 0.455. The second-order valence-electron chi connectivity index (χ2n) is 4.08. The summed E-state index contributed by atoms with van der Waals surface area (Å²) in [6.45, 7) is 0. The molecule has 1 atom stereocenters. The zero-order chi connectivity index (χ0) is 11.0. The van der Waals surface area contributed by atoms with E-state index in [0.29, 0.717) is 9.50 Å². The maximum Gasteiger partial charge on any atom is 0.136 e. The average molecular weight is 291 g/mol. The lowest BCUT2D eigenvalue weighted by molar-refractivity contribution is 0.452. The van der Waals surface area contributed by atoms with Crippen LogP contribution in [0.5, 0.6) is 5.75 Å². The Balaban J connectivity index is 2.22. The largest absolute Gasteiger partial charge is 0.506 e. The van der Waals surface area contributed by atoms with Gasteiger partial charge in [-0.1, -0.05) is 30.5 Å². The lowest BCUT2D eigenvalue weighted by Gasteiger charge is -2.14. The van der Waals surface area contributed by atoms with Crippen LogP contribution in [0.3, 0.4) is 0 Å². The van der Waals surface area contributed by atoms with Gasteiger partial charge in [0, 0.05) is 11.6 Å². The number of rotatable bonds is 3. The zero-order valence-electron chi connectivity index (χ0n) is 8.21. The monoisotopic (exact) mass is 289 g/mol. The highest BCUT2D eigenvalue weighted by Crippen LogP contribution is 2.41. The molecule has 0 heterocycles. The lowest BCUT2D eigenvalue weighted by atomic mass is 10.0. The lowest BCUT2D eigenvalue weighted by Crippen LogP contribution is -2.11. The fourth-order valence-corrected chi connectivity index (χ4v) is 2.21. The third-order valence-electron chi connectivity index (χ3n) is 2.78. The summed E-state index contributed by atoms with van der Waals surface area (Å²) in [6.07, 6.45) is 3.48. The van der Waals surface area contributed by atoms with Gasteiger partial charge in [0.2, 0.25) is 0 Å². The van der Waals surface area contributed by atoms with Crippen LogP contribution in [0.2, 0.25) is 5.02 Å². The molecule has 1 saturated carbocycles. The maximum atomic E-state index is 9.87. The molecule has 0 unspecified atom stereocenters. The SMILES string of the molecule is N[C@@H](CC1CC1)c1ccc(Cl)c(Br)c1O. The Morgan fingerprint density at radius 3 is 2.80 bits per heavy atom. The number of nitrogens with two attached hydrogens (primary N) is 1. The number of aromatic hydroxyl groups is 1. The third kappa shape index (κ3) is 2.47. The second kappa shape index (κ2) is 4.32. The maximum absolute atomic E-state index is 9.87. The first-order valence-electron chi connectivity index (χ1n) is 5.02. The first-order chi connectivity index (χ1) is 7.09. The van der Waals surface area contributed by atoms with Crippen LogP contribution in [0.4, 0.5) is 0 Å². The van der Waals surface area contributed by atoms with E-state index in [-0.39, 0.29) is 11.8 Å². The van der Waals surface area contributed by atoms with E-state index < -0.39 is 0 Å². The number of phenolic OH excluding ortho intramolecular Hbond substituents is 1. The normalized spacial score (nSPS) is 17.8.